The van der Waals surface area contributed by atoms with E-state index in [1.54, 1.807) is 6.07 Å². The summed E-state index contributed by atoms with van der Waals surface area (Å²) in [6.07, 6.45) is -1.04. The number of carbonyl (C=O) groups is 1. The normalized spacial score (nSPS) is 17.5. The number of benzene rings is 1. The monoisotopic (exact) mass is 508 g/mol. The number of carboxylic acids is 1. The zero-order valence-corrected chi connectivity index (χ0v) is 18.9. The van der Waals surface area contributed by atoms with Crippen LogP contribution in [-0.2, 0) is 12.7 Å². The van der Waals surface area contributed by atoms with Crippen molar-refractivity contribution in [2.75, 3.05) is 13.1 Å². The number of pyridine rings is 1. The lowest BCUT2D eigenvalue weighted by molar-refractivity contribution is -0.137. The number of halogens is 6. The SMILES string of the molecule is Cl.O=C(O)c1cc(C2CC2)cc(CN2CCC(Oc3cc(C(F)(F)F)c(Cl)cn3)CC2)c1F. The maximum absolute atomic E-state index is 14.7. The molecule has 180 valence electrons. The van der Waals surface area contributed by atoms with Crippen LogP contribution < -0.4 is 4.74 Å². The lowest BCUT2D eigenvalue weighted by Crippen LogP contribution is -2.38. The van der Waals surface area contributed by atoms with Crippen LogP contribution in [0.15, 0.2) is 24.4 Å². The summed E-state index contributed by atoms with van der Waals surface area (Å²) in [5.74, 6) is -1.85. The first kappa shape index (κ1) is 25.5. The molecule has 1 saturated carbocycles. The molecule has 0 spiro atoms. The maximum atomic E-state index is 14.7. The first-order valence-electron chi connectivity index (χ1n) is 10.3. The number of alkyl halides is 3. The molecule has 33 heavy (non-hydrogen) atoms. The molecule has 0 unspecified atom stereocenters. The van der Waals surface area contributed by atoms with Crippen molar-refractivity contribution >= 4 is 30.0 Å². The van der Waals surface area contributed by atoms with Gasteiger partial charge in [-0.15, -0.1) is 12.4 Å². The Kier molecular flexibility index (Phi) is 7.76. The van der Waals surface area contributed by atoms with Crippen molar-refractivity contribution in [3.63, 3.8) is 0 Å². The lowest BCUT2D eigenvalue weighted by Gasteiger charge is -2.32. The molecular formula is C22H22Cl2F4N2O3. The molecule has 4 rings (SSSR count). The van der Waals surface area contributed by atoms with Crippen molar-refractivity contribution in [3.05, 3.63) is 57.5 Å². The van der Waals surface area contributed by atoms with Gasteiger partial charge in [0, 0.05) is 31.3 Å². The zero-order valence-electron chi connectivity index (χ0n) is 17.4. The molecule has 2 heterocycles. The summed E-state index contributed by atoms with van der Waals surface area (Å²) in [4.78, 5) is 17.2. The van der Waals surface area contributed by atoms with Gasteiger partial charge in [0.05, 0.1) is 22.3 Å². The van der Waals surface area contributed by atoms with Gasteiger partial charge in [0.1, 0.15) is 11.9 Å². The van der Waals surface area contributed by atoms with E-state index >= 15 is 0 Å². The Morgan fingerprint density at radius 2 is 1.85 bits per heavy atom. The predicted molar refractivity (Wildman–Crippen MR) is 116 cm³/mol. The molecule has 1 aromatic heterocycles. The number of hydrogen-bond donors (Lipinski definition) is 1. The van der Waals surface area contributed by atoms with Gasteiger partial charge in [0.15, 0.2) is 0 Å². The van der Waals surface area contributed by atoms with E-state index in [1.807, 2.05) is 4.90 Å². The molecule has 1 saturated heterocycles. The minimum absolute atomic E-state index is 0. The van der Waals surface area contributed by atoms with Crippen LogP contribution >= 0.6 is 24.0 Å². The fraction of sp³-hybridized carbons (Fsp3) is 0.455. The van der Waals surface area contributed by atoms with Crippen LogP contribution in [0, 0.1) is 5.82 Å². The highest BCUT2D eigenvalue weighted by Gasteiger charge is 2.34. The molecule has 2 fully saturated rings. The summed E-state index contributed by atoms with van der Waals surface area (Å²) in [7, 11) is 0. The van der Waals surface area contributed by atoms with Gasteiger partial charge in [-0.1, -0.05) is 17.7 Å². The number of carboxylic acid groups (broad SMARTS) is 1. The van der Waals surface area contributed by atoms with Crippen molar-refractivity contribution in [3.8, 4) is 5.88 Å². The Labute approximate surface area is 199 Å². The maximum Gasteiger partial charge on any atom is 0.418 e. The first-order chi connectivity index (χ1) is 15.1. The van der Waals surface area contributed by atoms with Gasteiger partial charge in [-0.3, -0.25) is 4.90 Å². The second kappa shape index (κ2) is 10.0. The molecule has 1 aliphatic carbocycles. The Morgan fingerprint density at radius 3 is 2.42 bits per heavy atom. The number of aromatic nitrogens is 1. The van der Waals surface area contributed by atoms with Crippen molar-refractivity contribution < 1.29 is 32.2 Å². The fourth-order valence-corrected chi connectivity index (χ4v) is 4.14. The van der Waals surface area contributed by atoms with E-state index in [1.165, 1.54) is 6.07 Å². The molecule has 1 aliphatic heterocycles. The van der Waals surface area contributed by atoms with Crippen molar-refractivity contribution in [2.45, 2.75) is 50.4 Å². The average molecular weight is 509 g/mol. The van der Waals surface area contributed by atoms with Gasteiger partial charge >= 0.3 is 12.1 Å². The Hall–Kier alpha value is -2.10. The number of piperidine rings is 1. The van der Waals surface area contributed by atoms with E-state index in [2.05, 4.69) is 4.98 Å². The van der Waals surface area contributed by atoms with E-state index in [-0.39, 0.29) is 36.5 Å². The van der Waals surface area contributed by atoms with E-state index in [0.717, 1.165) is 30.7 Å². The first-order valence-corrected chi connectivity index (χ1v) is 10.7. The summed E-state index contributed by atoms with van der Waals surface area (Å²) in [6, 6.07) is 3.96. The summed E-state index contributed by atoms with van der Waals surface area (Å²) >= 11 is 5.59. The van der Waals surface area contributed by atoms with E-state index in [4.69, 9.17) is 16.3 Å². The van der Waals surface area contributed by atoms with Gasteiger partial charge in [0.2, 0.25) is 5.88 Å². The van der Waals surface area contributed by atoms with Crippen LogP contribution in [0.5, 0.6) is 5.88 Å². The van der Waals surface area contributed by atoms with Crippen LogP contribution in [0.2, 0.25) is 5.02 Å². The van der Waals surface area contributed by atoms with Gasteiger partial charge in [-0.25, -0.2) is 14.2 Å². The minimum atomic E-state index is -4.60. The predicted octanol–water partition coefficient (Wildman–Crippen LogP) is 5.93. The van der Waals surface area contributed by atoms with Crippen LogP contribution in [0.1, 0.15) is 58.6 Å². The molecule has 1 N–H and O–H groups in total. The number of aromatic carboxylic acids is 1. The summed E-state index contributed by atoms with van der Waals surface area (Å²) in [5.41, 5.74) is -0.106. The summed E-state index contributed by atoms with van der Waals surface area (Å²) in [6.45, 7) is 1.32. The molecular weight excluding hydrogens is 487 g/mol. The molecule has 0 amide bonds. The molecule has 2 aliphatic rings. The smallest absolute Gasteiger partial charge is 0.418 e. The van der Waals surface area contributed by atoms with Crippen molar-refractivity contribution in [2.24, 2.45) is 0 Å². The van der Waals surface area contributed by atoms with Gasteiger partial charge in [0.25, 0.3) is 0 Å². The van der Waals surface area contributed by atoms with E-state index in [9.17, 15) is 27.5 Å². The third-order valence-electron chi connectivity index (χ3n) is 5.80. The van der Waals surface area contributed by atoms with Crippen LogP contribution in [0.3, 0.4) is 0 Å². The van der Waals surface area contributed by atoms with Gasteiger partial charge in [-0.2, -0.15) is 13.2 Å². The van der Waals surface area contributed by atoms with Crippen LogP contribution in [0.25, 0.3) is 0 Å². The number of hydrogen-bond acceptors (Lipinski definition) is 4. The van der Waals surface area contributed by atoms with Gasteiger partial charge in [-0.05, 0) is 43.2 Å². The average Bonchev–Trinajstić information content (AvgIpc) is 3.56. The molecule has 11 heteroatoms. The third kappa shape index (κ3) is 6.07. The van der Waals surface area contributed by atoms with E-state index < -0.39 is 28.5 Å². The Morgan fingerprint density at radius 1 is 1.18 bits per heavy atom. The third-order valence-corrected chi connectivity index (χ3v) is 6.10. The second-order valence-corrected chi connectivity index (χ2v) is 8.62. The molecule has 0 radical (unpaired) electrons. The topological polar surface area (TPSA) is 62.7 Å². The van der Waals surface area contributed by atoms with Crippen molar-refractivity contribution in [1.29, 1.82) is 0 Å². The molecule has 1 aromatic carbocycles. The number of ether oxygens (including phenoxy) is 1. The Bertz CT molecular complexity index is 1020. The fourth-order valence-electron chi connectivity index (χ4n) is 3.93. The summed E-state index contributed by atoms with van der Waals surface area (Å²) < 4.78 is 59.4. The Balaban J connectivity index is 0.00000306. The van der Waals surface area contributed by atoms with Gasteiger partial charge < -0.3 is 9.84 Å². The molecule has 0 atom stereocenters. The van der Waals surface area contributed by atoms with Crippen LogP contribution in [-0.4, -0.2) is 40.2 Å². The van der Waals surface area contributed by atoms with Crippen molar-refractivity contribution in [1.82, 2.24) is 9.88 Å². The molecule has 5 nitrogen and oxygen atoms in total. The highest BCUT2D eigenvalue weighted by Crippen LogP contribution is 2.41. The second-order valence-electron chi connectivity index (χ2n) is 8.21. The summed E-state index contributed by atoms with van der Waals surface area (Å²) in [5, 5.41) is 8.84. The highest BCUT2D eigenvalue weighted by molar-refractivity contribution is 6.31. The largest absolute Gasteiger partial charge is 0.478 e. The molecule has 2 aromatic rings. The zero-order chi connectivity index (χ0) is 23.0. The number of nitrogens with zero attached hydrogens (tertiary/aromatic N) is 2. The standard InChI is InChI=1S/C22H21ClF4N2O3.ClH/c23-18-10-28-19(9-17(18)22(25,26)27)32-15-3-5-29(6-4-15)11-14-7-13(12-1-2-12)8-16(20(14)24)21(30)31;/h7-10,12,15H,1-6,11H2,(H,30,31);1H. The lowest BCUT2D eigenvalue weighted by atomic mass is 10.00. The molecule has 0 bridgehead atoms. The highest BCUT2D eigenvalue weighted by atomic mass is 35.5. The van der Waals surface area contributed by atoms with Crippen LogP contribution in [0.4, 0.5) is 17.6 Å². The van der Waals surface area contributed by atoms with E-state index in [0.29, 0.717) is 37.4 Å². The quantitative estimate of drug-likeness (QED) is 0.489. The minimum Gasteiger partial charge on any atom is -0.478 e. The number of likely N-dealkylation sites (tertiary alicyclic amines) is 1. The number of rotatable bonds is 6.